The van der Waals surface area contributed by atoms with Crippen molar-refractivity contribution in [3.8, 4) is 5.69 Å². The molecule has 0 amide bonds. The number of hydrogen-bond donors (Lipinski definition) is 2. The third-order valence-corrected chi connectivity index (χ3v) is 4.88. The molecule has 2 N–H and O–H groups in total. The number of halogens is 3. The molecule has 0 aliphatic carbocycles. The summed E-state index contributed by atoms with van der Waals surface area (Å²) in [6, 6.07) is 17.8. The Morgan fingerprint density at radius 3 is 2.38 bits per heavy atom. The Balaban J connectivity index is 0.000000360. The fourth-order valence-electron chi connectivity index (χ4n) is 3.28. The summed E-state index contributed by atoms with van der Waals surface area (Å²) < 4.78 is 40.8. The van der Waals surface area contributed by atoms with Gasteiger partial charge in [0, 0.05) is 26.2 Å². The molecule has 3 aromatic rings. The zero-order valence-corrected chi connectivity index (χ0v) is 17.2. The molecule has 0 unspecified atom stereocenters. The highest BCUT2D eigenvalue weighted by molar-refractivity contribution is 5.73. The van der Waals surface area contributed by atoms with Crippen molar-refractivity contribution in [3.63, 3.8) is 0 Å². The van der Waals surface area contributed by atoms with Crippen LogP contribution in [-0.2, 0) is 42.9 Å². The zero-order valence-electron chi connectivity index (χ0n) is 17.2. The lowest BCUT2D eigenvalue weighted by atomic mass is 10.1. The van der Waals surface area contributed by atoms with E-state index in [9.17, 15) is 18.0 Å². The maximum Gasteiger partial charge on any atom is 0.490 e. The van der Waals surface area contributed by atoms with Crippen LogP contribution in [0.15, 0.2) is 59.4 Å². The molecule has 1 aliphatic heterocycles. The number of aromatic nitrogens is 2. The number of carboxylic acids is 1. The van der Waals surface area contributed by atoms with E-state index in [4.69, 9.17) is 14.6 Å². The van der Waals surface area contributed by atoms with Crippen LogP contribution < -0.4 is 10.9 Å². The fourth-order valence-corrected chi connectivity index (χ4v) is 3.28. The number of aliphatic carboxylic acids is 1. The Morgan fingerprint density at radius 1 is 1.06 bits per heavy atom. The molecule has 4 rings (SSSR count). The van der Waals surface area contributed by atoms with Gasteiger partial charge in [-0.3, -0.25) is 9.48 Å². The van der Waals surface area contributed by atoms with Gasteiger partial charge in [0.25, 0.3) is 5.56 Å². The number of fused-ring (bicyclic) bond motifs is 1. The van der Waals surface area contributed by atoms with Crippen LogP contribution in [0.5, 0.6) is 0 Å². The lowest BCUT2D eigenvalue weighted by molar-refractivity contribution is -0.192. The van der Waals surface area contributed by atoms with E-state index < -0.39 is 12.1 Å². The highest BCUT2D eigenvalue weighted by Crippen LogP contribution is 2.20. The van der Waals surface area contributed by atoms with E-state index in [1.165, 1.54) is 16.7 Å². The van der Waals surface area contributed by atoms with E-state index in [0.29, 0.717) is 13.2 Å². The van der Waals surface area contributed by atoms with Crippen molar-refractivity contribution in [2.45, 2.75) is 32.5 Å². The monoisotopic (exact) mass is 449 g/mol. The number of carboxylic acid groups (broad SMARTS) is 1. The number of hydrogen-bond acceptors (Lipinski definition) is 4. The molecule has 1 aromatic heterocycles. The van der Waals surface area contributed by atoms with Crippen LogP contribution in [0.3, 0.4) is 0 Å². The smallest absolute Gasteiger partial charge is 0.475 e. The predicted molar refractivity (Wildman–Crippen MR) is 110 cm³/mol. The van der Waals surface area contributed by atoms with E-state index in [1.807, 2.05) is 42.1 Å². The van der Waals surface area contributed by atoms with Crippen molar-refractivity contribution in [1.82, 2.24) is 14.7 Å². The number of benzene rings is 2. The summed E-state index contributed by atoms with van der Waals surface area (Å²) >= 11 is 0. The molecule has 0 radical (unpaired) electrons. The number of alkyl halides is 3. The predicted octanol–water partition coefficient (Wildman–Crippen LogP) is 3.13. The Hall–Kier alpha value is -3.37. The molecule has 0 saturated heterocycles. The van der Waals surface area contributed by atoms with Gasteiger partial charge in [-0.15, -0.1) is 0 Å². The number of nitrogens with zero attached hydrogens (tertiary/aromatic N) is 2. The highest BCUT2D eigenvalue weighted by Gasteiger charge is 2.38. The summed E-state index contributed by atoms with van der Waals surface area (Å²) in [5, 5.41) is 10.6. The molecule has 2 heterocycles. The molecular weight excluding hydrogens is 427 g/mol. The lowest BCUT2D eigenvalue weighted by Crippen LogP contribution is -2.21. The van der Waals surface area contributed by atoms with Crippen LogP contribution in [0.1, 0.15) is 22.4 Å². The first kappa shape index (κ1) is 23.3. The average molecular weight is 449 g/mol. The van der Waals surface area contributed by atoms with Crippen molar-refractivity contribution in [1.29, 1.82) is 0 Å². The second kappa shape index (κ2) is 9.84. The number of nitrogens with one attached hydrogen (secondary N) is 1. The van der Waals surface area contributed by atoms with Gasteiger partial charge in [-0.25, -0.2) is 9.48 Å². The number of rotatable bonds is 5. The van der Waals surface area contributed by atoms with Crippen molar-refractivity contribution >= 4 is 5.97 Å². The maximum absolute atomic E-state index is 12.3. The summed E-state index contributed by atoms with van der Waals surface area (Å²) in [6.07, 6.45) is -5.08. The van der Waals surface area contributed by atoms with Crippen LogP contribution in [0, 0.1) is 0 Å². The molecule has 0 saturated carbocycles. The van der Waals surface area contributed by atoms with Crippen LogP contribution in [-0.4, -0.2) is 26.6 Å². The van der Waals surface area contributed by atoms with Crippen LogP contribution in [0.2, 0.25) is 0 Å². The maximum atomic E-state index is 12.3. The van der Waals surface area contributed by atoms with Crippen LogP contribution in [0.4, 0.5) is 13.2 Å². The first-order chi connectivity index (χ1) is 15.2. The summed E-state index contributed by atoms with van der Waals surface area (Å²) in [7, 11) is 1.91. The first-order valence-corrected chi connectivity index (χ1v) is 9.69. The molecule has 10 heteroatoms. The number of carbonyl (C=O) groups is 1. The van der Waals surface area contributed by atoms with Gasteiger partial charge in [-0.2, -0.15) is 13.2 Å². The molecule has 2 aromatic carbocycles. The third kappa shape index (κ3) is 5.65. The van der Waals surface area contributed by atoms with Crippen LogP contribution in [0.25, 0.3) is 5.69 Å². The minimum absolute atomic E-state index is 0.0137. The van der Waals surface area contributed by atoms with E-state index in [-0.39, 0.29) is 5.56 Å². The van der Waals surface area contributed by atoms with Gasteiger partial charge < -0.3 is 15.2 Å². The van der Waals surface area contributed by atoms with Gasteiger partial charge in [-0.05, 0) is 28.8 Å². The Labute approximate surface area is 181 Å². The normalized spacial score (nSPS) is 12.8. The van der Waals surface area contributed by atoms with Gasteiger partial charge in [0.15, 0.2) is 0 Å². The van der Waals surface area contributed by atoms with E-state index in [0.717, 1.165) is 24.5 Å². The topological polar surface area (TPSA) is 85.5 Å². The van der Waals surface area contributed by atoms with Crippen molar-refractivity contribution in [2.75, 3.05) is 0 Å². The molecule has 0 atom stereocenters. The Bertz CT molecular complexity index is 1140. The third-order valence-electron chi connectivity index (χ3n) is 4.88. The molecular formula is C22H22F3N3O4. The summed E-state index contributed by atoms with van der Waals surface area (Å²) in [5.74, 6) is -2.76. The fraction of sp³-hybridized carbons (Fsp3) is 0.273. The molecule has 0 fully saturated rings. The Morgan fingerprint density at radius 2 is 1.72 bits per heavy atom. The van der Waals surface area contributed by atoms with Crippen molar-refractivity contribution in [3.05, 3.63) is 87.3 Å². The molecule has 170 valence electrons. The second-order valence-electron chi connectivity index (χ2n) is 7.15. The molecule has 0 bridgehead atoms. The van der Waals surface area contributed by atoms with E-state index in [1.54, 1.807) is 10.7 Å². The zero-order chi connectivity index (χ0) is 23.3. The minimum Gasteiger partial charge on any atom is -0.475 e. The molecule has 32 heavy (non-hydrogen) atoms. The van der Waals surface area contributed by atoms with Gasteiger partial charge in [-0.1, -0.05) is 36.4 Å². The van der Waals surface area contributed by atoms with Crippen molar-refractivity contribution in [2.24, 2.45) is 7.05 Å². The van der Waals surface area contributed by atoms with Gasteiger partial charge in [0.2, 0.25) is 0 Å². The molecule has 7 nitrogen and oxygen atoms in total. The van der Waals surface area contributed by atoms with Gasteiger partial charge in [0.05, 0.1) is 24.6 Å². The second-order valence-corrected chi connectivity index (χ2v) is 7.15. The standard InChI is InChI=1S/C20H21N3O2.C2HF3O2/c1-22-19(10-20(24)23(22)18-5-3-2-4-6-18)12-21-11-15-7-8-16-13-25-14-17(16)9-15;3-2(4,5)1(6)7/h2-10,21H,11-14H2,1H3;(H,6,7). The summed E-state index contributed by atoms with van der Waals surface area (Å²) in [6.45, 7) is 2.83. The SMILES string of the molecule is Cn1c(CNCc2ccc3c(c2)COC3)cc(=O)n1-c1ccccc1.O=C(O)C(F)(F)F. The number of para-hydroxylation sites is 1. The van der Waals surface area contributed by atoms with E-state index >= 15 is 0 Å². The van der Waals surface area contributed by atoms with Gasteiger partial charge >= 0.3 is 12.1 Å². The minimum atomic E-state index is -5.08. The summed E-state index contributed by atoms with van der Waals surface area (Å²) in [5.41, 5.74) is 5.61. The van der Waals surface area contributed by atoms with Crippen LogP contribution >= 0.6 is 0 Å². The Kier molecular flexibility index (Phi) is 7.16. The quantitative estimate of drug-likeness (QED) is 0.625. The lowest BCUT2D eigenvalue weighted by Gasteiger charge is -2.11. The molecule has 0 spiro atoms. The van der Waals surface area contributed by atoms with E-state index in [2.05, 4.69) is 23.5 Å². The molecule has 1 aliphatic rings. The summed E-state index contributed by atoms with van der Waals surface area (Å²) in [4.78, 5) is 21.2. The van der Waals surface area contributed by atoms with Crippen molar-refractivity contribution < 1.29 is 27.8 Å². The highest BCUT2D eigenvalue weighted by atomic mass is 19.4. The van der Waals surface area contributed by atoms with Gasteiger partial charge in [0.1, 0.15) is 0 Å². The number of ether oxygens (including phenoxy) is 1. The largest absolute Gasteiger partial charge is 0.490 e. The first-order valence-electron chi connectivity index (χ1n) is 9.69. The average Bonchev–Trinajstić information content (AvgIpc) is 3.32.